The van der Waals surface area contributed by atoms with Crippen molar-refractivity contribution in [2.24, 2.45) is 5.92 Å². The van der Waals surface area contributed by atoms with Crippen molar-refractivity contribution in [3.8, 4) is 0 Å². The molecule has 4 nitrogen and oxygen atoms in total. The van der Waals surface area contributed by atoms with E-state index in [2.05, 4.69) is 49.7 Å². The molecule has 0 aromatic carbocycles. The number of hydrogen-bond donors (Lipinski definition) is 1. The van der Waals surface area contributed by atoms with Crippen molar-refractivity contribution in [3.05, 3.63) is 17.2 Å². The van der Waals surface area contributed by atoms with Crippen LogP contribution in [-0.4, -0.2) is 41.6 Å². The molecule has 0 amide bonds. The van der Waals surface area contributed by atoms with E-state index in [0.717, 1.165) is 26.1 Å². The Hall–Kier alpha value is -0.870. The molecule has 4 heteroatoms. The van der Waals surface area contributed by atoms with Crippen LogP contribution >= 0.6 is 0 Å². The Morgan fingerprint density at radius 1 is 1.37 bits per heavy atom. The fourth-order valence-corrected chi connectivity index (χ4v) is 3.18. The van der Waals surface area contributed by atoms with E-state index in [0.29, 0.717) is 12.0 Å². The quantitative estimate of drug-likeness (QED) is 0.883. The average Bonchev–Trinajstić information content (AvgIpc) is 2.62. The third-order valence-electron chi connectivity index (χ3n) is 3.78. The number of imidazole rings is 1. The first-order valence-corrected chi connectivity index (χ1v) is 7.41. The van der Waals surface area contributed by atoms with Crippen LogP contribution in [0.25, 0.3) is 0 Å². The number of rotatable bonds is 5. The summed E-state index contributed by atoms with van der Waals surface area (Å²) >= 11 is 0. The zero-order valence-corrected chi connectivity index (χ0v) is 13.0. The van der Waals surface area contributed by atoms with E-state index >= 15 is 0 Å². The van der Waals surface area contributed by atoms with Gasteiger partial charge in [0.25, 0.3) is 0 Å². The molecular weight excluding hydrogens is 236 g/mol. The van der Waals surface area contributed by atoms with Crippen molar-refractivity contribution in [2.45, 2.75) is 46.2 Å². The van der Waals surface area contributed by atoms with E-state index < -0.39 is 0 Å². The van der Waals surface area contributed by atoms with E-state index in [1.807, 2.05) is 0 Å². The third kappa shape index (κ3) is 3.37. The SMILES string of the molecule is Cc1nc2c(n1C(CC(C)C)CN(C)C)CCNC2. The summed E-state index contributed by atoms with van der Waals surface area (Å²) in [5.41, 5.74) is 2.72. The zero-order valence-electron chi connectivity index (χ0n) is 13.0. The number of nitrogens with zero attached hydrogens (tertiary/aromatic N) is 3. The number of aromatic nitrogens is 2. The second kappa shape index (κ2) is 6.06. The van der Waals surface area contributed by atoms with E-state index in [4.69, 9.17) is 4.98 Å². The molecule has 0 aliphatic carbocycles. The highest BCUT2D eigenvalue weighted by atomic mass is 15.2. The summed E-state index contributed by atoms with van der Waals surface area (Å²) in [4.78, 5) is 7.06. The van der Waals surface area contributed by atoms with E-state index in [1.165, 1.54) is 23.6 Å². The number of fused-ring (bicyclic) bond motifs is 1. The molecule has 1 unspecified atom stereocenters. The van der Waals surface area contributed by atoms with Gasteiger partial charge >= 0.3 is 0 Å². The van der Waals surface area contributed by atoms with Gasteiger partial charge in [0.05, 0.1) is 5.69 Å². The maximum absolute atomic E-state index is 4.77. The molecule has 0 fully saturated rings. The lowest BCUT2D eigenvalue weighted by molar-refractivity contribution is 0.281. The Labute approximate surface area is 117 Å². The highest BCUT2D eigenvalue weighted by Crippen LogP contribution is 2.26. The van der Waals surface area contributed by atoms with Crippen molar-refractivity contribution in [1.29, 1.82) is 0 Å². The summed E-state index contributed by atoms with van der Waals surface area (Å²) in [5.74, 6) is 1.89. The maximum atomic E-state index is 4.77. The van der Waals surface area contributed by atoms with Crippen LogP contribution in [-0.2, 0) is 13.0 Å². The molecule has 0 saturated heterocycles. The third-order valence-corrected chi connectivity index (χ3v) is 3.78. The summed E-state index contributed by atoms with van der Waals surface area (Å²) in [7, 11) is 4.32. The minimum absolute atomic E-state index is 0.546. The molecule has 0 spiro atoms. The molecule has 1 aliphatic heterocycles. The maximum Gasteiger partial charge on any atom is 0.106 e. The van der Waals surface area contributed by atoms with Crippen molar-refractivity contribution < 1.29 is 0 Å². The monoisotopic (exact) mass is 264 g/mol. The summed E-state index contributed by atoms with van der Waals surface area (Å²) in [6.07, 6.45) is 2.33. The molecule has 0 bridgehead atoms. The largest absolute Gasteiger partial charge is 0.328 e. The summed E-state index contributed by atoms with van der Waals surface area (Å²) in [6.45, 7) is 9.87. The Morgan fingerprint density at radius 3 is 2.74 bits per heavy atom. The van der Waals surface area contributed by atoms with Crippen LogP contribution in [0.1, 0.15) is 43.5 Å². The highest BCUT2D eigenvalue weighted by Gasteiger charge is 2.24. The second-order valence-corrected chi connectivity index (χ2v) is 6.39. The first kappa shape index (κ1) is 14.5. The first-order chi connectivity index (χ1) is 8.99. The zero-order chi connectivity index (χ0) is 14.0. The lowest BCUT2D eigenvalue weighted by Gasteiger charge is -2.28. The fraction of sp³-hybridized carbons (Fsp3) is 0.800. The van der Waals surface area contributed by atoms with E-state index in [1.54, 1.807) is 0 Å². The van der Waals surface area contributed by atoms with Gasteiger partial charge in [-0.25, -0.2) is 4.98 Å². The summed E-state index contributed by atoms with van der Waals surface area (Å²) < 4.78 is 2.51. The second-order valence-electron chi connectivity index (χ2n) is 6.39. The van der Waals surface area contributed by atoms with E-state index in [-0.39, 0.29) is 0 Å². The number of aryl methyl sites for hydroxylation is 1. The predicted octanol–water partition coefficient (Wildman–Crippen LogP) is 1.99. The van der Waals surface area contributed by atoms with Gasteiger partial charge in [-0.3, -0.25) is 0 Å². The van der Waals surface area contributed by atoms with Crippen LogP contribution in [0, 0.1) is 12.8 Å². The smallest absolute Gasteiger partial charge is 0.106 e. The van der Waals surface area contributed by atoms with Gasteiger partial charge in [0.2, 0.25) is 0 Å². The Morgan fingerprint density at radius 2 is 2.11 bits per heavy atom. The molecule has 1 aromatic rings. The van der Waals surface area contributed by atoms with Crippen LogP contribution in [0.3, 0.4) is 0 Å². The van der Waals surface area contributed by atoms with Crippen molar-refractivity contribution in [2.75, 3.05) is 27.2 Å². The topological polar surface area (TPSA) is 33.1 Å². The summed E-state index contributed by atoms with van der Waals surface area (Å²) in [6, 6.07) is 0.546. The van der Waals surface area contributed by atoms with Crippen LogP contribution in [0.2, 0.25) is 0 Å². The molecule has 1 aromatic heterocycles. The number of hydrogen-bond acceptors (Lipinski definition) is 3. The lowest BCUT2D eigenvalue weighted by atomic mass is 10.0. The molecule has 1 N–H and O–H groups in total. The number of nitrogens with one attached hydrogen (secondary N) is 1. The van der Waals surface area contributed by atoms with Gasteiger partial charge < -0.3 is 14.8 Å². The molecule has 19 heavy (non-hydrogen) atoms. The normalized spacial score (nSPS) is 17.0. The molecule has 1 aliphatic rings. The fourth-order valence-electron chi connectivity index (χ4n) is 3.18. The standard InChI is InChI=1S/C15H28N4/c1-11(2)8-13(10-18(4)5)19-12(3)17-14-9-16-7-6-15(14)19/h11,13,16H,6-10H2,1-5H3. The van der Waals surface area contributed by atoms with Crippen molar-refractivity contribution >= 4 is 0 Å². The molecule has 2 rings (SSSR count). The van der Waals surface area contributed by atoms with Gasteiger partial charge in [-0.15, -0.1) is 0 Å². The molecule has 108 valence electrons. The minimum atomic E-state index is 0.546. The minimum Gasteiger partial charge on any atom is -0.328 e. The van der Waals surface area contributed by atoms with Crippen molar-refractivity contribution in [3.63, 3.8) is 0 Å². The molecule has 0 saturated carbocycles. The van der Waals surface area contributed by atoms with Crippen LogP contribution in [0.4, 0.5) is 0 Å². The summed E-state index contributed by atoms with van der Waals surface area (Å²) in [5, 5.41) is 3.42. The van der Waals surface area contributed by atoms with Gasteiger partial charge in [0.1, 0.15) is 5.82 Å². The van der Waals surface area contributed by atoms with Crippen LogP contribution in [0.15, 0.2) is 0 Å². The van der Waals surface area contributed by atoms with Crippen LogP contribution < -0.4 is 5.32 Å². The van der Waals surface area contributed by atoms with Gasteiger partial charge in [-0.2, -0.15) is 0 Å². The molecule has 0 radical (unpaired) electrons. The number of likely N-dealkylation sites (N-methyl/N-ethyl adjacent to an activating group) is 1. The van der Waals surface area contributed by atoms with Gasteiger partial charge in [0.15, 0.2) is 0 Å². The molecular formula is C15H28N4. The van der Waals surface area contributed by atoms with Gasteiger partial charge in [0, 0.05) is 37.8 Å². The van der Waals surface area contributed by atoms with Gasteiger partial charge in [-0.1, -0.05) is 13.8 Å². The van der Waals surface area contributed by atoms with Crippen LogP contribution in [0.5, 0.6) is 0 Å². The predicted molar refractivity (Wildman–Crippen MR) is 79.4 cm³/mol. The first-order valence-electron chi connectivity index (χ1n) is 7.41. The molecule has 1 atom stereocenters. The van der Waals surface area contributed by atoms with Crippen molar-refractivity contribution in [1.82, 2.24) is 19.8 Å². The Kier molecular flexibility index (Phi) is 4.63. The Balaban J connectivity index is 2.32. The highest BCUT2D eigenvalue weighted by molar-refractivity contribution is 5.21. The van der Waals surface area contributed by atoms with Gasteiger partial charge in [-0.05, 0) is 33.4 Å². The lowest BCUT2D eigenvalue weighted by Crippen LogP contribution is -2.30. The Bertz CT molecular complexity index is 410. The molecule has 2 heterocycles. The van der Waals surface area contributed by atoms with E-state index in [9.17, 15) is 0 Å². The average molecular weight is 264 g/mol.